The van der Waals surface area contributed by atoms with Crippen molar-refractivity contribution in [1.29, 1.82) is 0 Å². The van der Waals surface area contributed by atoms with E-state index >= 15 is 0 Å². The summed E-state index contributed by atoms with van der Waals surface area (Å²) < 4.78 is 5.70. The van der Waals surface area contributed by atoms with E-state index in [-0.39, 0.29) is 0 Å². The molecule has 90 valence electrons. The molecule has 1 N–H and O–H groups in total. The second kappa shape index (κ2) is 8.12. The fourth-order valence-corrected chi connectivity index (χ4v) is 1.71. The van der Waals surface area contributed by atoms with Crippen LogP contribution in [-0.2, 0) is 4.74 Å². The summed E-state index contributed by atoms with van der Waals surface area (Å²) in [6.07, 6.45) is 8.43. The van der Waals surface area contributed by atoms with E-state index < -0.39 is 0 Å². The van der Waals surface area contributed by atoms with E-state index in [9.17, 15) is 0 Å². The SMILES string of the molecule is CC(C)CNCCCCCOC1CCC1. The van der Waals surface area contributed by atoms with Crippen molar-refractivity contribution in [2.75, 3.05) is 19.7 Å². The van der Waals surface area contributed by atoms with Gasteiger partial charge < -0.3 is 10.1 Å². The topological polar surface area (TPSA) is 21.3 Å². The first kappa shape index (κ1) is 13.0. The predicted octanol–water partition coefficient (Wildman–Crippen LogP) is 2.97. The highest BCUT2D eigenvalue weighted by Crippen LogP contribution is 2.21. The first-order valence-electron chi connectivity index (χ1n) is 6.61. The largest absolute Gasteiger partial charge is 0.378 e. The molecule has 0 aromatic rings. The summed E-state index contributed by atoms with van der Waals surface area (Å²) in [7, 11) is 0. The molecule has 0 heterocycles. The third kappa shape index (κ3) is 6.91. The molecule has 0 amide bonds. The van der Waals surface area contributed by atoms with Gasteiger partial charge in [-0.1, -0.05) is 13.8 Å². The number of unbranched alkanes of at least 4 members (excludes halogenated alkanes) is 2. The van der Waals surface area contributed by atoms with Crippen LogP contribution in [0.25, 0.3) is 0 Å². The lowest BCUT2D eigenvalue weighted by Crippen LogP contribution is -2.22. The number of nitrogens with one attached hydrogen (secondary N) is 1. The van der Waals surface area contributed by atoms with Gasteiger partial charge >= 0.3 is 0 Å². The van der Waals surface area contributed by atoms with Crippen LogP contribution in [0.4, 0.5) is 0 Å². The Morgan fingerprint density at radius 1 is 1.20 bits per heavy atom. The van der Waals surface area contributed by atoms with Crippen LogP contribution in [0.15, 0.2) is 0 Å². The van der Waals surface area contributed by atoms with Gasteiger partial charge in [-0.3, -0.25) is 0 Å². The highest BCUT2D eigenvalue weighted by molar-refractivity contribution is 4.68. The molecule has 15 heavy (non-hydrogen) atoms. The van der Waals surface area contributed by atoms with Crippen LogP contribution in [-0.4, -0.2) is 25.8 Å². The zero-order chi connectivity index (χ0) is 10.9. The van der Waals surface area contributed by atoms with Crippen molar-refractivity contribution in [3.8, 4) is 0 Å². The van der Waals surface area contributed by atoms with E-state index in [2.05, 4.69) is 19.2 Å². The van der Waals surface area contributed by atoms with Gasteiger partial charge in [0.15, 0.2) is 0 Å². The van der Waals surface area contributed by atoms with Gasteiger partial charge in [-0.25, -0.2) is 0 Å². The molecule has 0 aromatic carbocycles. The minimum absolute atomic E-state index is 0.615. The highest BCUT2D eigenvalue weighted by Gasteiger charge is 2.16. The molecule has 0 unspecified atom stereocenters. The maximum atomic E-state index is 5.70. The molecule has 1 saturated carbocycles. The van der Waals surface area contributed by atoms with Crippen LogP contribution in [0.3, 0.4) is 0 Å². The maximum absolute atomic E-state index is 5.70. The van der Waals surface area contributed by atoms with E-state index in [4.69, 9.17) is 4.74 Å². The van der Waals surface area contributed by atoms with Crippen LogP contribution < -0.4 is 5.32 Å². The summed E-state index contributed by atoms with van der Waals surface area (Å²) >= 11 is 0. The molecule has 0 radical (unpaired) electrons. The molecule has 0 aliphatic heterocycles. The van der Waals surface area contributed by atoms with Gasteiger partial charge in [0.2, 0.25) is 0 Å². The normalized spacial score (nSPS) is 17.0. The molecule has 1 aliphatic carbocycles. The molecular weight excluding hydrogens is 186 g/mol. The summed E-state index contributed by atoms with van der Waals surface area (Å²) in [6, 6.07) is 0. The standard InChI is InChI=1S/C13H27NO/c1-12(2)11-14-9-4-3-5-10-15-13-7-6-8-13/h12-14H,3-11H2,1-2H3. The van der Waals surface area contributed by atoms with Crippen LogP contribution in [0, 0.1) is 5.92 Å². The minimum Gasteiger partial charge on any atom is -0.378 e. The molecular formula is C13H27NO. The average molecular weight is 213 g/mol. The molecule has 2 nitrogen and oxygen atoms in total. The highest BCUT2D eigenvalue weighted by atomic mass is 16.5. The molecule has 0 atom stereocenters. The van der Waals surface area contributed by atoms with E-state index in [1.54, 1.807) is 0 Å². The number of rotatable bonds is 9. The monoisotopic (exact) mass is 213 g/mol. The molecule has 2 heteroatoms. The van der Waals surface area contributed by atoms with Crippen molar-refractivity contribution in [3.63, 3.8) is 0 Å². The molecule has 0 saturated heterocycles. The smallest absolute Gasteiger partial charge is 0.0575 e. The Morgan fingerprint density at radius 3 is 2.60 bits per heavy atom. The van der Waals surface area contributed by atoms with E-state index in [0.29, 0.717) is 6.10 Å². The number of ether oxygens (including phenoxy) is 1. The van der Waals surface area contributed by atoms with Gasteiger partial charge in [-0.15, -0.1) is 0 Å². The van der Waals surface area contributed by atoms with E-state index in [1.807, 2.05) is 0 Å². The second-order valence-electron chi connectivity index (χ2n) is 5.08. The van der Waals surface area contributed by atoms with E-state index in [0.717, 1.165) is 19.1 Å². The first-order chi connectivity index (χ1) is 7.29. The lowest BCUT2D eigenvalue weighted by molar-refractivity contribution is 0.000669. The van der Waals surface area contributed by atoms with Crippen LogP contribution in [0.1, 0.15) is 52.4 Å². The second-order valence-corrected chi connectivity index (χ2v) is 5.08. The van der Waals surface area contributed by atoms with Gasteiger partial charge in [-0.2, -0.15) is 0 Å². The van der Waals surface area contributed by atoms with Crippen molar-refractivity contribution in [1.82, 2.24) is 5.32 Å². The van der Waals surface area contributed by atoms with Crippen molar-refractivity contribution >= 4 is 0 Å². The Balaban J connectivity index is 1.69. The molecule has 1 rings (SSSR count). The molecule has 0 spiro atoms. The number of hydrogen-bond donors (Lipinski definition) is 1. The van der Waals surface area contributed by atoms with E-state index in [1.165, 1.54) is 45.1 Å². The zero-order valence-electron chi connectivity index (χ0n) is 10.4. The molecule has 0 aromatic heterocycles. The summed E-state index contributed by atoms with van der Waals surface area (Å²) in [5, 5.41) is 3.47. The zero-order valence-corrected chi connectivity index (χ0v) is 10.4. The van der Waals surface area contributed by atoms with Crippen molar-refractivity contribution in [2.45, 2.75) is 58.5 Å². The van der Waals surface area contributed by atoms with Crippen LogP contribution >= 0.6 is 0 Å². The Labute approximate surface area is 94.8 Å². The van der Waals surface area contributed by atoms with Gasteiger partial charge in [0, 0.05) is 6.61 Å². The Bertz CT molecular complexity index is 143. The molecule has 1 fully saturated rings. The Morgan fingerprint density at radius 2 is 2.00 bits per heavy atom. The van der Waals surface area contributed by atoms with Gasteiger partial charge in [0.25, 0.3) is 0 Å². The predicted molar refractivity (Wildman–Crippen MR) is 65.1 cm³/mol. The van der Waals surface area contributed by atoms with Crippen LogP contribution in [0.5, 0.6) is 0 Å². The third-order valence-corrected chi connectivity index (χ3v) is 2.96. The summed E-state index contributed by atoms with van der Waals surface area (Å²) in [5.74, 6) is 0.770. The fraction of sp³-hybridized carbons (Fsp3) is 1.00. The lowest BCUT2D eigenvalue weighted by atomic mass is 9.96. The summed E-state index contributed by atoms with van der Waals surface area (Å²) in [5.41, 5.74) is 0. The molecule has 0 bridgehead atoms. The third-order valence-electron chi connectivity index (χ3n) is 2.96. The quantitative estimate of drug-likeness (QED) is 0.595. The van der Waals surface area contributed by atoms with Gasteiger partial charge in [0.05, 0.1) is 6.10 Å². The summed E-state index contributed by atoms with van der Waals surface area (Å²) in [4.78, 5) is 0. The fourth-order valence-electron chi connectivity index (χ4n) is 1.71. The summed E-state index contributed by atoms with van der Waals surface area (Å²) in [6.45, 7) is 7.80. The molecule has 1 aliphatic rings. The minimum atomic E-state index is 0.615. The van der Waals surface area contributed by atoms with Crippen molar-refractivity contribution in [3.05, 3.63) is 0 Å². The van der Waals surface area contributed by atoms with Crippen molar-refractivity contribution < 1.29 is 4.74 Å². The lowest BCUT2D eigenvalue weighted by Gasteiger charge is -2.25. The first-order valence-corrected chi connectivity index (χ1v) is 6.61. The Kier molecular flexibility index (Phi) is 7.03. The van der Waals surface area contributed by atoms with Gasteiger partial charge in [-0.05, 0) is 57.5 Å². The van der Waals surface area contributed by atoms with Crippen LogP contribution in [0.2, 0.25) is 0 Å². The Hall–Kier alpha value is -0.0800. The number of hydrogen-bond acceptors (Lipinski definition) is 2. The maximum Gasteiger partial charge on any atom is 0.0575 e. The van der Waals surface area contributed by atoms with Crippen molar-refractivity contribution in [2.24, 2.45) is 5.92 Å². The average Bonchev–Trinajstić information content (AvgIpc) is 2.12. The van der Waals surface area contributed by atoms with Gasteiger partial charge in [0.1, 0.15) is 0 Å².